The number of nitrogens with zero attached hydrogens (tertiary/aromatic N) is 1. The second kappa shape index (κ2) is 8.18. The Labute approximate surface area is 150 Å². The molecule has 0 unspecified atom stereocenters. The van der Waals surface area contributed by atoms with Crippen molar-refractivity contribution >= 4 is 28.5 Å². The van der Waals surface area contributed by atoms with Gasteiger partial charge in [-0.05, 0) is 18.6 Å². The van der Waals surface area contributed by atoms with Gasteiger partial charge in [0.05, 0.1) is 24.7 Å². The number of benzene rings is 1. The molecule has 8 heteroatoms. The Morgan fingerprint density at radius 3 is 2.84 bits per heavy atom. The molecule has 1 aliphatic heterocycles. The number of carbonyl (C=O) groups excluding carboxylic acids is 1. The number of methoxy groups -OCH3 is 1. The number of amides is 1. The largest absolute Gasteiger partial charge is 0.390 e. The van der Waals surface area contributed by atoms with Crippen LogP contribution in [-0.2, 0) is 9.53 Å². The summed E-state index contributed by atoms with van der Waals surface area (Å²) >= 11 is 1.45. The fourth-order valence-electron chi connectivity index (χ4n) is 3.16. The van der Waals surface area contributed by atoms with Gasteiger partial charge in [0.1, 0.15) is 6.10 Å². The Morgan fingerprint density at radius 2 is 2.12 bits per heavy atom. The molecule has 1 fully saturated rings. The Bertz CT molecular complexity index is 628. The highest BCUT2D eigenvalue weighted by molar-refractivity contribution is 8.15. The van der Waals surface area contributed by atoms with Gasteiger partial charge in [0, 0.05) is 24.6 Å². The van der Waals surface area contributed by atoms with Crippen LogP contribution < -0.4 is 10.6 Å². The molecule has 1 aliphatic carbocycles. The van der Waals surface area contributed by atoms with Crippen LogP contribution in [0.3, 0.4) is 0 Å². The number of nitrogens with one attached hydrogen (secondary N) is 2. The summed E-state index contributed by atoms with van der Waals surface area (Å²) in [5.74, 6) is -0.550. The van der Waals surface area contributed by atoms with E-state index in [1.807, 2.05) is 30.3 Å². The second-order valence-electron chi connectivity index (χ2n) is 6.18. The normalized spacial score (nSPS) is 31.2. The number of amidine groups is 1. The number of para-hydroxylation sites is 1. The molecule has 0 bridgehead atoms. The lowest BCUT2D eigenvalue weighted by atomic mass is 9.81. The first-order chi connectivity index (χ1) is 12.1. The van der Waals surface area contributed by atoms with Crippen molar-refractivity contribution in [2.24, 2.45) is 10.9 Å². The van der Waals surface area contributed by atoms with Gasteiger partial charge in [-0.25, -0.2) is 0 Å². The highest BCUT2D eigenvalue weighted by Crippen LogP contribution is 2.41. The van der Waals surface area contributed by atoms with E-state index in [-0.39, 0.29) is 17.6 Å². The Kier molecular flexibility index (Phi) is 5.95. The molecule has 1 heterocycles. The van der Waals surface area contributed by atoms with Crippen molar-refractivity contribution in [1.82, 2.24) is 5.32 Å². The average molecular weight is 365 g/mol. The number of thioether (sulfide) groups is 1. The van der Waals surface area contributed by atoms with Gasteiger partial charge < -0.3 is 25.6 Å². The summed E-state index contributed by atoms with van der Waals surface area (Å²) in [4.78, 5) is 17.0. The summed E-state index contributed by atoms with van der Waals surface area (Å²) in [6.07, 6.45) is -1.70. The molecule has 0 spiro atoms. The predicted octanol–water partition coefficient (Wildman–Crippen LogP) is 0.443. The van der Waals surface area contributed by atoms with Crippen LogP contribution in [0.1, 0.15) is 6.42 Å². The summed E-state index contributed by atoms with van der Waals surface area (Å²) in [6.45, 7) is 0.852. The van der Waals surface area contributed by atoms with Crippen molar-refractivity contribution in [3.63, 3.8) is 0 Å². The van der Waals surface area contributed by atoms with E-state index in [4.69, 9.17) is 4.74 Å². The monoisotopic (exact) mass is 365 g/mol. The molecule has 5 atom stereocenters. The SMILES string of the molecule is COCCNC(=O)[C@@H]1C[C@@H](O)[C@H](O)[C@H]2N=C(Nc3ccccc3)S[C@@H]21. The molecule has 1 aromatic carbocycles. The van der Waals surface area contributed by atoms with E-state index in [2.05, 4.69) is 15.6 Å². The molecule has 0 saturated heterocycles. The maximum Gasteiger partial charge on any atom is 0.224 e. The van der Waals surface area contributed by atoms with Gasteiger partial charge in [0.15, 0.2) is 5.17 Å². The summed E-state index contributed by atoms with van der Waals surface area (Å²) < 4.78 is 4.95. The maximum atomic E-state index is 12.5. The van der Waals surface area contributed by atoms with E-state index in [0.717, 1.165) is 5.69 Å². The van der Waals surface area contributed by atoms with Crippen LogP contribution in [-0.4, -0.2) is 65.0 Å². The third-order valence-electron chi connectivity index (χ3n) is 4.45. The zero-order chi connectivity index (χ0) is 17.8. The van der Waals surface area contributed by atoms with E-state index >= 15 is 0 Å². The van der Waals surface area contributed by atoms with Crippen LogP contribution in [0.15, 0.2) is 35.3 Å². The van der Waals surface area contributed by atoms with Crippen molar-refractivity contribution in [3.05, 3.63) is 30.3 Å². The van der Waals surface area contributed by atoms with E-state index in [1.165, 1.54) is 11.8 Å². The van der Waals surface area contributed by atoms with Gasteiger partial charge in [-0.1, -0.05) is 30.0 Å². The molecule has 25 heavy (non-hydrogen) atoms. The highest BCUT2D eigenvalue weighted by Gasteiger charge is 2.50. The summed E-state index contributed by atoms with van der Waals surface area (Å²) in [7, 11) is 1.57. The molecule has 136 valence electrons. The minimum Gasteiger partial charge on any atom is -0.390 e. The minimum atomic E-state index is -0.962. The lowest BCUT2D eigenvalue weighted by molar-refractivity contribution is -0.129. The van der Waals surface area contributed by atoms with Crippen molar-refractivity contribution < 1.29 is 19.7 Å². The summed E-state index contributed by atoms with van der Waals surface area (Å²) in [5, 5.41) is 26.9. The van der Waals surface area contributed by atoms with Crippen LogP contribution in [0.25, 0.3) is 0 Å². The standard InChI is InChI=1S/C17H23N3O4S/c1-24-8-7-18-16(23)11-9-12(21)14(22)13-15(11)25-17(20-13)19-10-5-3-2-4-6-10/h2-6,11-15,21-22H,7-9H2,1H3,(H,18,23)(H,19,20)/t11-,12-,13-,14+,15-/m1/s1. The van der Waals surface area contributed by atoms with Gasteiger partial charge in [0.2, 0.25) is 5.91 Å². The van der Waals surface area contributed by atoms with Gasteiger partial charge >= 0.3 is 0 Å². The fraction of sp³-hybridized carbons (Fsp3) is 0.529. The molecule has 3 rings (SSSR count). The van der Waals surface area contributed by atoms with Crippen LogP contribution in [0.4, 0.5) is 5.69 Å². The van der Waals surface area contributed by atoms with Crippen molar-refractivity contribution in [3.8, 4) is 0 Å². The number of anilines is 1. The molecule has 1 saturated carbocycles. The van der Waals surface area contributed by atoms with Crippen molar-refractivity contribution in [2.75, 3.05) is 25.6 Å². The number of rotatable bonds is 5. The average Bonchev–Trinajstić information content (AvgIpc) is 3.03. The number of hydrogen-bond donors (Lipinski definition) is 4. The zero-order valence-electron chi connectivity index (χ0n) is 14.0. The first kappa shape index (κ1) is 18.2. The first-order valence-corrected chi connectivity index (χ1v) is 9.17. The molecule has 1 aromatic rings. The lowest BCUT2D eigenvalue weighted by Crippen LogP contribution is -2.54. The molecule has 2 aliphatic rings. The number of aliphatic imine (C=N–C) groups is 1. The lowest BCUT2D eigenvalue weighted by Gasteiger charge is -2.37. The Morgan fingerprint density at radius 1 is 1.36 bits per heavy atom. The van der Waals surface area contributed by atoms with E-state index in [0.29, 0.717) is 18.3 Å². The highest BCUT2D eigenvalue weighted by atomic mass is 32.2. The maximum absolute atomic E-state index is 12.5. The second-order valence-corrected chi connectivity index (χ2v) is 7.35. The van der Waals surface area contributed by atoms with E-state index in [1.54, 1.807) is 7.11 Å². The van der Waals surface area contributed by atoms with Crippen molar-refractivity contribution in [2.45, 2.75) is 29.9 Å². The van der Waals surface area contributed by atoms with E-state index in [9.17, 15) is 15.0 Å². The predicted molar refractivity (Wildman–Crippen MR) is 97.7 cm³/mol. The summed E-state index contributed by atoms with van der Waals surface area (Å²) in [6, 6.07) is 9.10. The Balaban J connectivity index is 1.70. The topological polar surface area (TPSA) is 103 Å². The molecular weight excluding hydrogens is 342 g/mol. The van der Waals surface area contributed by atoms with Gasteiger partial charge in [-0.3, -0.25) is 9.79 Å². The number of aliphatic hydroxyl groups excluding tert-OH is 2. The third kappa shape index (κ3) is 4.14. The number of carbonyl (C=O) groups is 1. The zero-order valence-corrected chi connectivity index (χ0v) is 14.8. The number of ether oxygens (including phenoxy) is 1. The smallest absolute Gasteiger partial charge is 0.224 e. The summed E-state index contributed by atoms with van der Waals surface area (Å²) in [5.41, 5.74) is 0.892. The quantitative estimate of drug-likeness (QED) is 0.565. The number of fused-ring (bicyclic) bond motifs is 1. The van der Waals surface area contributed by atoms with Gasteiger partial charge in [-0.15, -0.1) is 0 Å². The fourth-order valence-corrected chi connectivity index (χ4v) is 4.54. The first-order valence-electron chi connectivity index (χ1n) is 8.29. The molecule has 0 radical (unpaired) electrons. The number of hydrogen-bond acceptors (Lipinski definition) is 7. The minimum absolute atomic E-state index is 0.137. The van der Waals surface area contributed by atoms with Gasteiger partial charge in [0.25, 0.3) is 0 Å². The molecule has 1 amide bonds. The molecule has 0 aromatic heterocycles. The van der Waals surface area contributed by atoms with Gasteiger partial charge in [-0.2, -0.15) is 0 Å². The molecule has 4 N–H and O–H groups in total. The van der Waals surface area contributed by atoms with Crippen LogP contribution in [0, 0.1) is 5.92 Å². The molecule has 7 nitrogen and oxygen atoms in total. The van der Waals surface area contributed by atoms with Crippen LogP contribution in [0.5, 0.6) is 0 Å². The van der Waals surface area contributed by atoms with Crippen LogP contribution >= 0.6 is 11.8 Å². The third-order valence-corrected chi connectivity index (χ3v) is 5.76. The molecular formula is C17H23N3O4S. The van der Waals surface area contributed by atoms with E-state index < -0.39 is 24.2 Å². The van der Waals surface area contributed by atoms with Crippen LogP contribution in [0.2, 0.25) is 0 Å². The van der Waals surface area contributed by atoms with Crippen molar-refractivity contribution in [1.29, 1.82) is 0 Å². The number of aliphatic hydroxyl groups is 2. The Hall–Kier alpha value is -1.61.